The van der Waals surface area contributed by atoms with Gasteiger partial charge in [0.2, 0.25) is 11.8 Å². The number of piperidine rings is 1. The molecule has 0 aromatic carbocycles. The molecule has 2 heterocycles. The van der Waals surface area contributed by atoms with Gasteiger partial charge in [-0.25, -0.2) is 0 Å². The number of amides is 2. The molecule has 4 nitrogen and oxygen atoms in total. The summed E-state index contributed by atoms with van der Waals surface area (Å²) in [4.78, 5) is 26.7. The number of nitrogens with zero attached hydrogens (tertiary/aromatic N) is 1. The second-order valence-corrected chi connectivity index (χ2v) is 6.63. The first-order valence-electron chi connectivity index (χ1n) is 7.72. The Hall–Kier alpha value is -0.900. The number of imide groups is 1. The number of nitrogens with one attached hydrogen (secondary N) is 1. The first-order valence-corrected chi connectivity index (χ1v) is 7.72. The summed E-state index contributed by atoms with van der Waals surface area (Å²) in [5.41, 5.74) is -0.321. The maximum absolute atomic E-state index is 12.8. The predicted molar refractivity (Wildman–Crippen MR) is 72.5 cm³/mol. The van der Waals surface area contributed by atoms with E-state index in [0.717, 1.165) is 45.1 Å². The number of hydrogen-bond acceptors (Lipinski definition) is 3. The predicted octanol–water partition coefficient (Wildman–Crippen LogP) is 1.84. The highest BCUT2D eigenvalue weighted by atomic mass is 16.2. The number of rotatable bonds is 1. The van der Waals surface area contributed by atoms with Gasteiger partial charge in [-0.15, -0.1) is 0 Å². The molecule has 2 amide bonds. The topological polar surface area (TPSA) is 49.4 Å². The third-order valence-electron chi connectivity index (χ3n) is 5.24. The van der Waals surface area contributed by atoms with Crippen LogP contribution in [0.2, 0.25) is 0 Å². The van der Waals surface area contributed by atoms with Crippen LogP contribution in [-0.2, 0) is 9.59 Å². The number of hydrogen-bond donors (Lipinski definition) is 1. The second-order valence-electron chi connectivity index (χ2n) is 6.63. The van der Waals surface area contributed by atoms with Crippen LogP contribution in [0.5, 0.6) is 0 Å². The summed E-state index contributed by atoms with van der Waals surface area (Å²) in [6, 6.07) is 0.602. The molecule has 0 bridgehead atoms. The Morgan fingerprint density at radius 3 is 2.53 bits per heavy atom. The SMILES string of the molecule is CC1CCC(N2C(=O)CC3(CCCCC3)C2=O)CN1. The van der Waals surface area contributed by atoms with Crippen LogP contribution >= 0.6 is 0 Å². The Labute approximate surface area is 114 Å². The highest BCUT2D eigenvalue weighted by Gasteiger charge is 2.53. The molecule has 2 atom stereocenters. The summed E-state index contributed by atoms with van der Waals surface area (Å²) < 4.78 is 0. The first kappa shape index (κ1) is 13.1. The molecule has 3 rings (SSSR count). The Morgan fingerprint density at radius 1 is 1.16 bits per heavy atom. The zero-order valence-corrected chi connectivity index (χ0v) is 11.8. The molecule has 1 spiro atoms. The lowest BCUT2D eigenvalue weighted by molar-refractivity contribution is -0.145. The monoisotopic (exact) mass is 264 g/mol. The van der Waals surface area contributed by atoms with E-state index in [0.29, 0.717) is 12.5 Å². The normalized spacial score (nSPS) is 35.1. The summed E-state index contributed by atoms with van der Waals surface area (Å²) in [7, 11) is 0. The standard InChI is InChI=1S/C15H24N2O2/c1-11-5-6-12(10-16-11)17-13(18)9-15(14(17)19)7-3-2-4-8-15/h11-12,16H,2-10H2,1H3. The van der Waals surface area contributed by atoms with E-state index in [1.807, 2.05) is 0 Å². The van der Waals surface area contributed by atoms with Gasteiger partial charge in [0, 0.05) is 19.0 Å². The molecule has 1 N–H and O–H groups in total. The zero-order chi connectivity index (χ0) is 13.5. The van der Waals surface area contributed by atoms with Gasteiger partial charge in [0.1, 0.15) is 0 Å². The molecule has 2 aliphatic heterocycles. The van der Waals surface area contributed by atoms with Crippen molar-refractivity contribution in [2.75, 3.05) is 6.54 Å². The Morgan fingerprint density at radius 2 is 1.89 bits per heavy atom. The van der Waals surface area contributed by atoms with Gasteiger partial charge in [-0.05, 0) is 32.6 Å². The van der Waals surface area contributed by atoms with E-state index in [4.69, 9.17) is 0 Å². The molecular formula is C15H24N2O2. The molecule has 4 heteroatoms. The van der Waals surface area contributed by atoms with Gasteiger partial charge in [0.25, 0.3) is 0 Å². The third-order valence-corrected chi connectivity index (χ3v) is 5.24. The fourth-order valence-corrected chi connectivity index (χ4v) is 4.01. The molecule has 1 saturated carbocycles. The van der Waals surface area contributed by atoms with Crippen molar-refractivity contribution < 1.29 is 9.59 Å². The highest BCUT2D eigenvalue weighted by molar-refractivity contribution is 6.06. The molecule has 3 fully saturated rings. The molecule has 0 aromatic heterocycles. The molecule has 3 aliphatic rings. The Bertz CT molecular complexity index is 380. The van der Waals surface area contributed by atoms with Crippen molar-refractivity contribution in [1.82, 2.24) is 10.2 Å². The highest BCUT2D eigenvalue weighted by Crippen LogP contribution is 2.46. The molecule has 0 aromatic rings. The van der Waals surface area contributed by atoms with Crippen molar-refractivity contribution >= 4 is 11.8 Å². The van der Waals surface area contributed by atoms with Crippen LogP contribution < -0.4 is 5.32 Å². The minimum absolute atomic E-state index is 0.0771. The van der Waals surface area contributed by atoms with Gasteiger partial charge in [0.05, 0.1) is 11.5 Å². The first-order chi connectivity index (χ1) is 9.12. The van der Waals surface area contributed by atoms with E-state index in [2.05, 4.69) is 12.2 Å². The van der Waals surface area contributed by atoms with E-state index < -0.39 is 0 Å². The quantitative estimate of drug-likeness (QED) is 0.735. The fourth-order valence-electron chi connectivity index (χ4n) is 4.01. The van der Waals surface area contributed by atoms with Gasteiger partial charge in [-0.1, -0.05) is 19.3 Å². The second kappa shape index (κ2) is 4.89. The maximum Gasteiger partial charge on any atom is 0.236 e. The van der Waals surface area contributed by atoms with Crippen LogP contribution in [0.25, 0.3) is 0 Å². The van der Waals surface area contributed by atoms with Gasteiger partial charge in [-0.2, -0.15) is 0 Å². The van der Waals surface area contributed by atoms with Crippen molar-refractivity contribution in [1.29, 1.82) is 0 Å². The van der Waals surface area contributed by atoms with Crippen LogP contribution in [0.3, 0.4) is 0 Å². The molecule has 0 radical (unpaired) electrons. The molecular weight excluding hydrogens is 240 g/mol. The maximum atomic E-state index is 12.8. The van der Waals surface area contributed by atoms with Gasteiger partial charge in [0.15, 0.2) is 0 Å². The average Bonchev–Trinajstić information content (AvgIpc) is 2.64. The summed E-state index contributed by atoms with van der Waals surface area (Å²) in [6.45, 7) is 2.93. The van der Waals surface area contributed by atoms with E-state index >= 15 is 0 Å². The van der Waals surface area contributed by atoms with Crippen LogP contribution in [-0.4, -0.2) is 35.3 Å². The van der Waals surface area contributed by atoms with Crippen molar-refractivity contribution in [3.05, 3.63) is 0 Å². The lowest BCUT2D eigenvalue weighted by Crippen LogP contribution is -2.52. The molecule has 2 saturated heterocycles. The zero-order valence-electron chi connectivity index (χ0n) is 11.8. The summed E-state index contributed by atoms with van der Waals surface area (Å²) in [5.74, 6) is 0.215. The fraction of sp³-hybridized carbons (Fsp3) is 0.867. The van der Waals surface area contributed by atoms with Crippen molar-refractivity contribution in [3.63, 3.8) is 0 Å². The molecule has 2 unspecified atom stereocenters. The Kier molecular flexibility index (Phi) is 3.37. The number of likely N-dealkylation sites (tertiary alicyclic amines) is 1. The van der Waals surface area contributed by atoms with E-state index in [1.165, 1.54) is 6.42 Å². The lowest BCUT2D eigenvalue weighted by atomic mass is 9.73. The van der Waals surface area contributed by atoms with Crippen LogP contribution in [0.15, 0.2) is 0 Å². The van der Waals surface area contributed by atoms with E-state index in [1.54, 1.807) is 4.90 Å². The minimum Gasteiger partial charge on any atom is -0.312 e. The van der Waals surface area contributed by atoms with Gasteiger partial charge < -0.3 is 5.32 Å². The van der Waals surface area contributed by atoms with Crippen LogP contribution in [0.4, 0.5) is 0 Å². The molecule has 106 valence electrons. The minimum atomic E-state index is -0.321. The van der Waals surface area contributed by atoms with Crippen molar-refractivity contribution in [2.45, 2.75) is 70.4 Å². The number of carbonyl (C=O) groups excluding carboxylic acids is 2. The average molecular weight is 264 g/mol. The molecule has 19 heavy (non-hydrogen) atoms. The summed E-state index contributed by atoms with van der Waals surface area (Å²) in [5, 5.41) is 3.40. The largest absolute Gasteiger partial charge is 0.312 e. The van der Waals surface area contributed by atoms with E-state index in [9.17, 15) is 9.59 Å². The summed E-state index contributed by atoms with van der Waals surface area (Å²) in [6.07, 6.45) is 7.74. The lowest BCUT2D eigenvalue weighted by Gasteiger charge is -2.35. The van der Waals surface area contributed by atoms with Crippen molar-refractivity contribution in [3.8, 4) is 0 Å². The third kappa shape index (κ3) is 2.20. The van der Waals surface area contributed by atoms with Gasteiger partial charge >= 0.3 is 0 Å². The van der Waals surface area contributed by atoms with Crippen LogP contribution in [0, 0.1) is 5.41 Å². The number of carbonyl (C=O) groups is 2. The van der Waals surface area contributed by atoms with Crippen LogP contribution in [0.1, 0.15) is 58.3 Å². The van der Waals surface area contributed by atoms with Crippen molar-refractivity contribution in [2.24, 2.45) is 5.41 Å². The smallest absolute Gasteiger partial charge is 0.236 e. The summed E-state index contributed by atoms with van der Waals surface area (Å²) >= 11 is 0. The molecule has 1 aliphatic carbocycles. The van der Waals surface area contributed by atoms with E-state index in [-0.39, 0.29) is 23.3 Å². The Balaban J connectivity index is 1.75. The van der Waals surface area contributed by atoms with Gasteiger partial charge in [-0.3, -0.25) is 14.5 Å².